The van der Waals surface area contributed by atoms with E-state index in [1.165, 1.54) is 18.2 Å². The van der Waals surface area contributed by atoms with Crippen LogP contribution < -0.4 is 5.32 Å². The number of fused-ring (bicyclic) bond motifs is 3. The molecule has 1 aliphatic rings. The van der Waals surface area contributed by atoms with Gasteiger partial charge in [0.1, 0.15) is 11.5 Å². The molecule has 0 fully saturated rings. The molecule has 15 heteroatoms. The first-order chi connectivity index (χ1) is 21.3. The quantitative estimate of drug-likeness (QED) is 0.266. The number of halogens is 3. The number of hydrogen-bond donors (Lipinski definition) is 2. The van der Waals surface area contributed by atoms with Crippen LogP contribution in [-0.4, -0.2) is 50.9 Å². The summed E-state index contributed by atoms with van der Waals surface area (Å²) < 4.78 is 70.0. The highest BCUT2D eigenvalue weighted by Crippen LogP contribution is 2.50. The normalized spacial score (nSPS) is 15.8. The number of carbonyl (C=O) groups is 1. The first-order valence-corrected chi connectivity index (χ1v) is 15.9. The second-order valence-corrected chi connectivity index (χ2v) is 13.3. The number of benzene rings is 2. The van der Waals surface area contributed by atoms with Crippen molar-refractivity contribution in [1.82, 2.24) is 30.5 Å². The van der Waals surface area contributed by atoms with E-state index in [0.29, 0.717) is 15.3 Å². The van der Waals surface area contributed by atoms with Gasteiger partial charge < -0.3 is 10.4 Å². The number of nitrogens with zero attached hydrogens (tertiary/aromatic N) is 5. The topological polar surface area (TPSA) is 140 Å². The molecule has 2 N–H and O–H groups in total. The number of tetrazole rings is 1. The van der Waals surface area contributed by atoms with Gasteiger partial charge in [0, 0.05) is 35.7 Å². The smallest absolute Gasteiger partial charge is 0.323 e. The van der Waals surface area contributed by atoms with Crippen molar-refractivity contribution in [2.45, 2.75) is 29.5 Å². The molecule has 5 aromatic rings. The highest BCUT2D eigenvalue weighted by atomic mass is 32.2. The fraction of sp³-hybridized carbons (Fsp3) is 0.167. The minimum Gasteiger partial charge on any atom is -0.377 e. The van der Waals surface area contributed by atoms with E-state index < -0.39 is 39.4 Å². The van der Waals surface area contributed by atoms with Crippen LogP contribution in [0.15, 0.2) is 77.8 Å². The highest BCUT2D eigenvalue weighted by Gasteiger charge is 2.59. The molecule has 0 saturated heterocycles. The van der Waals surface area contributed by atoms with E-state index in [2.05, 4.69) is 37.7 Å². The molecule has 1 aliphatic heterocycles. The number of carbonyl (C=O) groups excluding carboxylic acids is 1. The molecule has 0 radical (unpaired) electrons. The van der Waals surface area contributed by atoms with Gasteiger partial charge in [-0.2, -0.15) is 8.78 Å². The highest BCUT2D eigenvalue weighted by molar-refractivity contribution is 7.90. The van der Waals surface area contributed by atoms with E-state index in [1.807, 2.05) is 0 Å². The van der Waals surface area contributed by atoms with Crippen LogP contribution in [-0.2, 0) is 34.5 Å². The summed E-state index contributed by atoms with van der Waals surface area (Å²) in [5.74, 6) is 0.789. The Labute approximate surface area is 258 Å². The summed E-state index contributed by atoms with van der Waals surface area (Å²) in [5.41, 5.74) is -2.81. The second kappa shape index (κ2) is 11.2. The van der Waals surface area contributed by atoms with Crippen LogP contribution in [0.1, 0.15) is 36.9 Å². The number of pyridine rings is 1. The maximum atomic E-state index is 15.9. The summed E-state index contributed by atoms with van der Waals surface area (Å²) >= 11 is 1.13. The summed E-state index contributed by atoms with van der Waals surface area (Å²) in [5, 5.41) is 25.0. The first-order valence-electron chi connectivity index (χ1n) is 13.2. The van der Waals surface area contributed by atoms with Gasteiger partial charge in [-0.15, -0.1) is 16.4 Å². The van der Waals surface area contributed by atoms with E-state index in [-0.39, 0.29) is 34.3 Å². The Balaban J connectivity index is 1.15. The lowest BCUT2D eigenvalue weighted by Crippen LogP contribution is -2.49. The summed E-state index contributed by atoms with van der Waals surface area (Å²) in [6.45, 7) is -0.493. The SMILES string of the molecule is CS(=O)(=O)c1ccc(CNC(=O)c2ccc(C#Cc3ccc(C(F)(F)C4(O)Cn5nnnc5-c5cc(F)ccc54)nc3)s2)cc1. The number of hydrogen-bond acceptors (Lipinski definition) is 9. The number of amides is 1. The van der Waals surface area contributed by atoms with Crippen molar-refractivity contribution in [2.75, 3.05) is 6.26 Å². The molecule has 0 bridgehead atoms. The fourth-order valence-corrected chi connectivity index (χ4v) is 6.19. The number of nitrogens with one attached hydrogen (secondary N) is 1. The van der Waals surface area contributed by atoms with Crippen LogP contribution in [0.2, 0.25) is 0 Å². The van der Waals surface area contributed by atoms with Gasteiger partial charge in [0.25, 0.3) is 5.91 Å². The molecule has 2 aromatic carbocycles. The number of rotatable bonds is 6. The lowest BCUT2D eigenvalue weighted by molar-refractivity contribution is -0.207. The van der Waals surface area contributed by atoms with Crippen molar-refractivity contribution in [3.8, 4) is 23.2 Å². The third-order valence-electron chi connectivity index (χ3n) is 7.15. The average molecular weight is 651 g/mol. The molecule has 0 aliphatic carbocycles. The van der Waals surface area contributed by atoms with E-state index in [0.717, 1.165) is 58.3 Å². The third-order valence-corrected chi connectivity index (χ3v) is 9.28. The molecule has 0 saturated carbocycles. The van der Waals surface area contributed by atoms with Gasteiger partial charge in [-0.3, -0.25) is 9.78 Å². The minimum atomic E-state index is -3.93. The van der Waals surface area contributed by atoms with Gasteiger partial charge in [0.15, 0.2) is 21.3 Å². The number of aromatic nitrogens is 5. The molecular formula is C30H21F3N6O4S2. The van der Waals surface area contributed by atoms with Crippen LogP contribution in [0.3, 0.4) is 0 Å². The van der Waals surface area contributed by atoms with Crippen molar-refractivity contribution in [2.24, 2.45) is 0 Å². The van der Waals surface area contributed by atoms with Gasteiger partial charge in [-0.05, 0) is 64.5 Å². The fourth-order valence-electron chi connectivity index (χ4n) is 4.79. The predicted octanol–water partition coefficient (Wildman–Crippen LogP) is 3.66. The minimum absolute atomic E-state index is 0.0526. The van der Waals surface area contributed by atoms with E-state index >= 15 is 8.78 Å². The molecule has 228 valence electrons. The lowest BCUT2D eigenvalue weighted by Gasteiger charge is -2.39. The van der Waals surface area contributed by atoms with Crippen molar-refractivity contribution < 1.29 is 31.5 Å². The number of alkyl halides is 2. The summed E-state index contributed by atoms with van der Waals surface area (Å²) in [4.78, 5) is 17.6. The Hall–Kier alpha value is -4.91. The van der Waals surface area contributed by atoms with E-state index in [9.17, 15) is 22.7 Å². The van der Waals surface area contributed by atoms with Crippen LogP contribution in [0.4, 0.5) is 13.2 Å². The second-order valence-electron chi connectivity index (χ2n) is 10.2. The molecule has 0 spiro atoms. The van der Waals surface area contributed by atoms with Gasteiger partial charge in [0.05, 0.1) is 21.2 Å². The van der Waals surface area contributed by atoms with Crippen LogP contribution in [0, 0.1) is 17.7 Å². The summed E-state index contributed by atoms with van der Waals surface area (Å²) in [6.07, 6.45) is 2.26. The zero-order chi connectivity index (χ0) is 32.0. The molecule has 45 heavy (non-hydrogen) atoms. The monoisotopic (exact) mass is 650 g/mol. The summed E-state index contributed by atoms with van der Waals surface area (Å²) in [7, 11) is -3.31. The zero-order valence-corrected chi connectivity index (χ0v) is 24.8. The Bertz CT molecular complexity index is 2100. The number of sulfone groups is 1. The first kappa shape index (κ1) is 30.1. The summed E-state index contributed by atoms with van der Waals surface area (Å²) in [6, 6.07) is 14.9. The maximum absolute atomic E-state index is 15.9. The Kier molecular flexibility index (Phi) is 7.51. The molecule has 10 nitrogen and oxygen atoms in total. The molecule has 6 rings (SSSR count). The van der Waals surface area contributed by atoms with Crippen molar-refractivity contribution in [1.29, 1.82) is 0 Å². The predicted molar refractivity (Wildman–Crippen MR) is 156 cm³/mol. The van der Waals surface area contributed by atoms with Crippen molar-refractivity contribution in [3.63, 3.8) is 0 Å². The number of aliphatic hydroxyl groups is 1. The largest absolute Gasteiger partial charge is 0.377 e. The van der Waals surface area contributed by atoms with Gasteiger partial charge in [-0.1, -0.05) is 30.0 Å². The molecule has 4 heterocycles. The van der Waals surface area contributed by atoms with E-state index in [4.69, 9.17) is 0 Å². The van der Waals surface area contributed by atoms with Crippen LogP contribution in [0.5, 0.6) is 0 Å². The maximum Gasteiger partial charge on any atom is 0.323 e. The van der Waals surface area contributed by atoms with Gasteiger partial charge in [0.2, 0.25) is 0 Å². The van der Waals surface area contributed by atoms with Crippen LogP contribution >= 0.6 is 11.3 Å². The van der Waals surface area contributed by atoms with Crippen LogP contribution in [0.25, 0.3) is 11.4 Å². The number of thiophene rings is 1. The van der Waals surface area contributed by atoms with E-state index in [1.54, 1.807) is 24.3 Å². The zero-order valence-electron chi connectivity index (χ0n) is 23.2. The van der Waals surface area contributed by atoms with Gasteiger partial charge >= 0.3 is 5.92 Å². The van der Waals surface area contributed by atoms with Gasteiger partial charge in [-0.25, -0.2) is 17.5 Å². The van der Waals surface area contributed by atoms with Crippen molar-refractivity contribution in [3.05, 3.63) is 111 Å². The standard InChI is InChI=1S/C30H21F3N6O4S2/c1-45(42,43)22-9-3-19(4-10-22)16-35-28(40)25-12-8-21(44-25)7-2-18-5-13-26(34-15-18)30(32,33)29(41)17-39-27(36-37-38-39)23-14-20(31)6-11-24(23)29/h3-6,8-15,41H,16-17H2,1H3,(H,35,40). The molecule has 1 atom stereocenters. The Morgan fingerprint density at radius 1 is 1.11 bits per heavy atom. The lowest BCUT2D eigenvalue weighted by atomic mass is 9.80. The average Bonchev–Trinajstić information content (AvgIpc) is 3.69. The molecule has 3 aromatic heterocycles. The molecular weight excluding hydrogens is 629 g/mol. The Morgan fingerprint density at radius 3 is 2.60 bits per heavy atom. The van der Waals surface area contributed by atoms with Crippen molar-refractivity contribution >= 4 is 27.1 Å². The Morgan fingerprint density at radius 2 is 1.89 bits per heavy atom. The molecule has 1 unspecified atom stereocenters. The molecule has 1 amide bonds. The third kappa shape index (κ3) is 5.70.